The van der Waals surface area contributed by atoms with E-state index < -0.39 is 0 Å². The predicted octanol–water partition coefficient (Wildman–Crippen LogP) is 4.19. The first kappa shape index (κ1) is 25.8. The van der Waals surface area contributed by atoms with E-state index in [1.54, 1.807) is 0 Å². The normalized spacial score (nSPS) is 16.6. The maximum atomic E-state index is 10.5. The van der Waals surface area contributed by atoms with Crippen LogP contribution in [0.2, 0.25) is 0 Å². The number of unbranched alkanes of at least 4 members (excludes halogenated alkanes) is 1. The Labute approximate surface area is 160 Å². The van der Waals surface area contributed by atoms with Gasteiger partial charge in [0.25, 0.3) is 0 Å². The third-order valence-corrected chi connectivity index (χ3v) is 3.88. The molecule has 0 saturated carbocycles. The summed E-state index contributed by atoms with van der Waals surface area (Å²) in [5.41, 5.74) is 0. The quantitative estimate of drug-likeness (QED) is 0.265. The minimum Gasteiger partial charge on any atom is -0.381 e. The molecule has 6 heteroatoms. The Balaban J connectivity index is 4.38. The molecule has 26 heavy (non-hydrogen) atoms. The molecule has 0 bridgehead atoms. The van der Waals surface area contributed by atoms with Gasteiger partial charge in [-0.15, -0.1) is 0 Å². The fourth-order valence-corrected chi connectivity index (χ4v) is 2.28. The van der Waals surface area contributed by atoms with E-state index in [1.807, 2.05) is 27.7 Å². The molecule has 4 unspecified atom stereocenters. The van der Waals surface area contributed by atoms with Gasteiger partial charge >= 0.3 is 0 Å². The minimum absolute atomic E-state index is 0.0405. The van der Waals surface area contributed by atoms with Gasteiger partial charge in [0.15, 0.2) is 12.6 Å². The van der Waals surface area contributed by atoms with E-state index in [1.165, 1.54) is 0 Å². The van der Waals surface area contributed by atoms with Crippen LogP contribution in [0.4, 0.5) is 0 Å². The molecule has 0 N–H and O–H groups in total. The first-order chi connectivity index (χ1) is 12.4. The van der Waals surface area contributed by atoms with Crippen LogP contribution in [0.3, 0.4) is 0 Å². The summed E-state index contributed by atoms with van der Waals surface area (Å²) in [7, 11) is 0. The fourth-order valence-electron chi connectivity index (χ4n) is 2.28. The number of hydrogen-bond donors (Lipinski definition) is 0. The molecule has 0 spiro atoms. The van der Waals surface area contributed by atoms with Crippen LogP contribution in [0.25, 0.3) is 0 Å². The molecule has 0 aliphatic carbocycles. The summed E-state index contributed by atoms with van der Waals surface area (Å²) < 4.78 is 29.0. The number of ether oxygens (including phenoxy) is 5. The highest BCUT2D eigenvalue weighted by Gasteiger charge is 2.22. The van der Waals surface area contributed by atoms with Gasteiger partial charge in [-0.1, -0.05) is 13.8 Å². The molecule has 6 nitrogen and oxygen atoms in total. The molecular formula is C20H41O6. The van der Waals surface area contributed by atoms with Gasteiger partial charge in [0, 0.05) is 25.6 Å². The van der Waals surface area contributed by atoms with Crippen LogP contribution in [0.15, 0.2) is 0 Å². The van der Waals surface area contributed by atoms with E-state index in [4.69, 9.17) is 23.7 Å². The SMILES string of the molecule is CCOC(CCOC(OC(C)CC)C(C)COCCCC[O])OC(C)C. The molecule has 1 radical (unpaired) electrons. The van der Waals surface area contributed by atoms with Gasteiger partial charge in [-0.3, -0.25) is 0 Å². The van der Waals surface area contributed by atoms with Crippen molar-refractivity contribution in [1.82, 2.24) is 0 Å². The lowest BCUT2D eigenvalue weighted by molar-refractivity contribution is -0.216. The first-order valence-electron chi connectivity index (χ1n) is 10.1. The topological polar surface area (TPSA) is 66.0 Å². The largest absolute Gasteiger partial charge is 0.381 e. The summed E-state index contributed by atoms with van der Waals surface area (Å²) in [4.78, 5) is 0. The third-order valence-electron chi connectivity index (χ3n) is 3.88. The molecule has 0 saturated heterocycles. The van der Waals surface area contributed by atoms with Crippen molar-refractivity contribution in [3.8, 4) is 0 Å². The predicted molar refractivity (Wildman–Crippen MR) is 102 cm³/mol. The van der Waals surface area contributed by atoms with Crippen LogP contribution in [0, 0.1) is 5.92 Å². The zero-order valence-corrected chi connectivity index (χ0v) is 17.7. The average molecular weight is 378 g/mol. The summed E-state index contributed by atoms with van der Waals surface area (Å²) in [5, 5.41) is 10.5. The van der Waals surface area contributed by atoms with Crippen molar-refractivity contribution in [2.24, 2.45) is 5.92 Å². The third kappa shape index (κ3) is 13.9. The maximum Gasteiger partial charge on any atom is 0.162 e. The molecule has 0 aromatic heterocycles. The lowest BCUT2D eigenvalue weighted by Crippen LogP contribution is -2.33. The van der Waals surface area contributed by atoms with Gasteiger partial charge < -0.3 is 23.7 Å². The molecule has 0 aromatic carbocycles. The van der Waals surface area contributed by atoms with Gasteiger partial charge in [-0.25, -0.2) is 5.11 Å². The lowest BCUT2D eigenvalue weighted by Gasteiger charge is -2.28. The van der Waals surface area contributed by atoms with Gasteiger partial charge in [-0.2, -0.15) is 0 Å². The van der Waals surface area contributed by atoms with E-state index in [0.717, 1.165) is 12.8 Å². The summed E-state index contributed by atoms with van der Waals surface area (Å²) in [6.07, 6.45) is 2.69. The van der Waals surface area contributed by atoms with Crippen molar-refractivity contribution in [3.05, 3.63) is 0 Å². The monoisotopic (exact) mass is 377 g/mol. The Morgan fingerprint density at radius 1 is 0.885 bits per heavy atom. The summed E-state index contributed by atoms with van der Waals surface area (Å²) in [5.74, 6) is 0.104. The number of rotatable bonds is 18. The summed E-state index contributed by atoms with van der Waals surface area (Å²) in [6, 6.07) is 0. The Morgan fingerprint density at radius 2 is 1.62 bits per heavy atom. The molecule has 0 aromatic rings. The average Bonchev–Trinajstić information content (AvgIpc) is 2.59. The smallest absolute Gasteiger partial charge is 0.162 e. The second kappa shape index (κ2) is 16.9. The molecule has 0 rings (SSSR count). The number of hydrogen-bond acceptors (Lipinski definition) is 5. The minimum atomic E-state index is -0.328. The molecule has 157 valence electrons. The first-order valence-corrected chi connectivity index (χ1v) is 10.1. The Morgan fingerprint density at radius 3 is 2.19 bits per heavy atom. The van der Waals surface area contributed by atoms with Gasteiger partial charge in [-0.05, 0) is 47.0 Å². The lowest BCUT2D eigenvalue weighted by atomic mass is 10.2. The van der Waals surface area contributed by atoms with Gasteiger partial charge in [0.1, 0.15) is 0 Å². The molecule has 0 heterocycles. The Bertz CT molecular complexity index is 300. The van der Waals surface area contributed by atoms with E-state index in [0.29, 0.717) is 39.3 Å². The van der Waals surface area contributed by atoms with E-state index in [-0.39, 0.29) is 37.3 Å². The molecule has 0 aliphatic heterocycles. The van der Waals surface area contributed by atoms with Gasteiger partial charge in [0.05, 0.1) is 32.0 Å². The highest BCUT2D eigenvalue weighted by molar-refractivity contribution is 4.61. The highest BCUT2D eigenvalue weighted by atomic mass is 16.7. The Hall–Kier alpha value is -0.240. The molecule has 0 fully saturated rings. The van der Waals surface area contributed by atoms with Crippen molar-refractivity contribution in [1.29, 1.82) is 0 Å². The van der Waals surface area contributed by atoms with Crippen LogP contribution in [0.5, 0.6) is 0 Å². The highest BCUT2D eigenvalue weighted by Crippen LogP contribution is 2.16. The van der Waals surface area contributed by atoms with Crippen LogP contribution >= 0.6 is 0 Å². The molecule has 4 atom stereocenters. The summed E-state index contributed by atoms with van der Waals surface area (Å²) in [6.45, 7) is 14.4. The Kier molecular flexibility index (Phi) is 16.7. The second-order valence-electron chi connectivity index (χ2n) is 6.92. The van der Waals surface area contributed by atoms with Crippen LogP contribution in [0.1, 0.15) is 67.2 Å². The zero-order chi connectivity index (χ0) is 19.8. The van der Waals surface area contributed by atoms with E-state index >= 15 is 0 Å². The van der Waals surface area contributed by atoms with E-state index in [9.17, 15) is 5.11 Å². The van der Waals surface area contributed by atoms with Crippen molar-refractivity contribution in [3.63, 3.8) is 0 Å². The second-order valence-corrected chi connectivity index (χ2v) is 6.92. The molecule has 0 aliphatic rings. The standard InChI is InChI=1S/C20H41O6/c1-7-18(6)26-20(17(5)15-22-13-10-9-12-21)24-14-11-19(23-8-2)25-16(3)4/h16-20H,7-15H2,1-6H3. The molecule has 0 amide bonds. The van der Waals surface area contributed by atoms with Gasteiger partial charge in [0.2, 0.25) is 0 Å². The van der Waals surface area contributed by atoms with E-state index in [2.05, 4.69) is 13.8 Å². The maximum absolute atomic E-state index is 10.5. The fraction of sp³-hybridized carbons (Fsp3) is 1.00. The van der Waals surface area contributed by atoms with Crippen molar-refractivity contribution >= 4 is 0 Å². The van der Waals surface area contributed by atoms with Crippen molar-refractivity contribution in [2.75, 3.05) is 33.0 Å². The van der Waals surface area contributed by atoms with Crippen molar-refractivity contribution in [2.45, 2.75) is 92.0 Å². The summed E-state index contributed by atoms with van der Waals surface area (Å²) >= 11 is 0. The van der Waals surface area contributed by atoms with Crippen molar-refractivity contribution < 1.29 is 28.8 Å². The zero-order valence-electron chi connectivity index (χ0n) is 17.7. The van der Waals surface area contributed by atoms with Crippen LogP contribution in [-0.4, -0.2) is 57.8 Å². The molecular weight excluding hydrogens is 336 g/mol. The van der Waals surface area contributed by atoms with Crippen LogP contribution < -0.4 is 0 Å². The van der Waals surface area contributed by atoms with Crippen LogP contribution in [-0.2, 0) is 28.8 Å².